The highest BCUT2D eigenvalue weighted by Crippen LogP contribution is 2.65. The van der Waals surface area contributed by atoms with Crippen LogP contribution in [0.1, 0.15) is 68.2 Å². The van der Waals surface area contributed by atoms with Gasteiger partial charge in [-0.2, -0.15) is 0 Å². The Balaban J connectivity index is 1.53. The van der Waals surface area contributed by atoms with Gasteiger partial charge in [-0.25, -0.2) is 17.9 Å². The minimum atomic E-state index is -4.12. The van der Waals surface area contributed by atoms with Crippen LogP contribution in [0, 0.1) is 22.7 Å². The number of likely N-dealkylation sites (tertiary alicyclic amines) is 1. The summed E-state index contributed by atoms with van der Waals surface area (Å²) >= 11 is 0. The van der Waals surface area contributed by atoms with Crippen LogP contribution >= 0.6 is 0 Å². The summed E-state index contributed by atoms with van der Waals surface area (Å²) in [4.78, 5) is 55.0. The molecule has 1 saturated heterocycles. The van der Waals surface area contributed by atoms with Crippen LogP contribution in [0.5, 0.6) is 0 Å². The summed E-state index contributed by atoms with van der Waals surface area (Å²) in [5.74, 6) is -1.79. The first kappa shape index (κ1) is 30.8. The molecular formula is C29H42N4O7S. The standard InChI is InChI=1S/C29H42N4O7S/c1-26(2,3)21(30-25(37)40-27(4,5)6)23(35)33-16-18-19(28(18,7)8)20(33)22(34)31-29(14-15-29)24(36)32-41(38,39)17-12-10-9-11-13-17/h9-13,18-21H,14-16H2,1-8H3,(H,30,37)(H,31,34)(H,32,36)/t18?,19-,20-,21+/m0/s1. The lowest BCUT2D eigenvalue weighted by Crippen LogP contribution is -2.61. The van der Waals surface area contributed by atoms with Crippen LogP contribution in [-0.2, 0) is 29.1 Å². The fraction of sp³-hybridized carbons (Fsp3) is 0.655. The van der Waals surface area contributed by atoms with E-state index < -0.39 is 62.5 Å². The summed E-state index contributed by atoms with van der Waals surface area (Å²) < 4.78 is 33.0. The SMILES string of the molecule is CC(C)(C)OC(=O)N[C@H](C(=O)N1CC2[C@@H]([C@H]1C(=O)NC1(C(=O)NS(=O)(=O)c3ccccc3)CC1)C2(C)C)C(C)(C)C. The number of hydrogen-bond acceptors (Lipinski definition) is 7. The molecule has 0 radical (unpaired) electrons. The second-order valence-corrected chi connectivity index (χ2v) is 15.8. The van der Waals surface area contributed by atoms with Crippen LogP contribution < -0.4 is 15.4 Å². The lowest BCUT2D eigenvalue weighted by Gasteiger charge is -2.38. The molecule has 12 heteroatoms. The number of amides is 4. The Hall–Kier alpha value is -3.15. The Morgan fingerprint density at radius 2 is 1.59 bits per heavy atom. The molecule has 1 aliphatic heterocycles. The van der Waals surface area contributed by atoms with Gasteiger partial charge in [0.25, 0.3) is 15.9 Å². The van der Waals surface area contributed by atoms with Crippen molar-refractivity contribution in [2.24, 2.45) is 22.7 Å². The maximum atomic E-state index is 14.0. The number of sulfonamides is 1. The van der Waals surface area contributed by atoms with Crippen LogP contribution in [0.4, 0.5) is 4.79 Å². The van der Waals surface area contributed by atoms with Gasteiger partial charge in [0.05, 0.1) is 4.90 Å². The van der Waals surface area contributed by atoms with Gasteiger partial charge >= 0.3 is 6.09 Å². The highest BCUT2D eigenvalue weighted by molar-refractivity contribution is 7.90. The van der Waals surface area contributed by atoms with Gasteiger partial charge in [0.2, 0.25) is 11.8 Å². The molecule has 1 unspecified atom stereocenters. The summed E-state index contributed by atoms with van der Waals surface area (Å²) in [5, 5.41) is 5.50. The molecule has 226 valence electrons. The third kappa shape index (κ3) is 6.22. The lowest BCUT2D eigenvalue weighted by atomic mass is 9.85. The van der Waals surface area contributed by atoms with E-state index in [0.717, 1.165) is 0 Å². The Bertz CT molecular complexity index is 1340. The molecule has 2 saturated carbocycles. The number of piperidine rings is 1. The molecule has 0 aromatic heterocycles. The predicted octanol–water partition coefficient (Wildman–Crippen LogP) is 2.56. The molecule has 4 rings (SSSR count). The molecule has 2 aliphatic carbocycles. The Labute approximate surface area is 242 Å². The molecule has 1 aromatic rings. The van der Waals surface area contributed by atoms with Crippen molar-refractivity contribution in [3.63, 3.8) is 0 Å². The molecule has 1 heterocycles. The van der Waals surface area contributed by atoms with Gasteiger partial charge in [-0.05, 0) is 68.4 Å². The molecule has 3 aliphatic rings. The molecule has 0 bridgehead atoms. The van der Waals surface area contributed by atoms with Crippen molar-refractivity contribution in [3.8, 4) is 0 Å². The van der Waals surface area contributed by atoms with Gasteiger partial charge in [-0.3, -0.25) is 14.4 Å². The molecule has 41 heavy (non-hydrogen) atoms. The molecule has 3 N–H and O–H groups in total. The number of nitrogens with one attached hydrogen (secondary N) is 3. The number of benzene rings is 1. The minimum Gasteiger partial charge on any atom is -0.444 e. The van der Waals surface area contributed by atoms with Gasteiger partial charge in [0.1, 0.15) is 23.2 Å². The Kier molecular flexibility index (Phi) is 7.51. The maximum Gasteiger partial charge on any atom is 0.408 e. The van der Waals surface area contributed by atoms with Crippen LogP contribution in [0.2, 0.25) is 0 Å². The van der Waals surface area contributed by atoms with Gasteiger partial charge in [-0.15, -0.1) is 0 Å². The van der Waals surface area contributed by atoms with Gasteiger partial charge in [0.15, 0.2) is 0 Å². The number of rotatable bonds is 7. The van der Waals surface area contributed by atoms with E-state index in [4.69, 9.17) is 4.74 Å². The number of ether oxygens (including phenoxy) is 1. The second-order valence-electron chi connectivity index (χ2n) is 14.2. The number of carbonyl (C=O) groups excluding carboxylic acids is 4. The van der Waals surface area contributed by atoms with Crippen molar-refractivity contribution < 1.29 is 32.3 Å². The highest BCUT2D eigenvalue weighted by atomic mass is 32.2. The maximum absolute atomic E-state index is 14.0. The smallest absolute Gasteiger partial charge is 0.408 e. The summed E-state index contributed by atoms with van der Waals surface area (Å²) in [6.45, 7) is 15.0. The highest BCUT2D eigenvalue weighted by Gasteiger charge is 2.70. The van der Waals surface area contributed by atoms with Crippen LogP contribution in [0.25, 0.3) is 0 Å². The molecule has 4 amide bonds. The van der Waals surface area contributed by atoms with E-state index in [2.05, 4.69) is 15.4 Å². The van der Waals surface area contributed by atoms with E-state index in [9.17, 15) is 27.6 Å². The first-order valence-electron chi connectivity index (χ1n) is 13.9. The van der Waals surface area contributed by atoms with E-state index >= 15 is 0 Å². The van der Waals surface area contributed by atoms with Crippen molar-refractivity contribution in [1.29, 1.82) is 0 Å². The zero-order valence-corrected chi connectivity index (χ0v) is 25.8. The van der Waals surface area contributed by atoms with Crippen molar-refractivity contribution in [3.05, 3.63) is 30.3 Å². The summed E-state index contributed by atoms with van der Waals surface area (Å²) in [6, 6.07) is 5.68. The largest absolute Gasteiger partial charge is 0.444 e. The van der Waals surface area contributed by atoms with Gasteiger partial charge in [0, 0.05) is 6.54 Å². The topological polar surface area (TPSA) is 151 Å². The van der Waals surface area contributed by atoms with Crippen molar-refractivity contribution >= 4 is 33.8 Å². The number of carbonyl (C=O) groups is 4. The monoisotopic (exact) mass is 590 g/mol. The molecule has 3 fully saturated rings. The summed E-state index contributed by atoms with van der Waals surface area (Å²) in [5.41, 5.74) is -3.02. The van der Waals surface area contributed by atoms with Crippen molar-refractivity contribution in [2.45, 2.75) is 96.4 Å². The molecule has 0 spiro atoms. The van der Waals surface area contributed by atoms with Crippen molar-refractivity contribution in [1.82, 2.24) is 20.3 Å². The number of hydrogen-bond donors (Lipinski definition) is 3. The fourth-order valence-corrected chi connectivity index (χ4v) is 6.85. The molecule has 11 nitrogen and oxygen atoms in total. The van der Waals surface area contributed by atoms with E-state index in [1.54, 1.807) is 39.0 Å². The third-order valence-corrected chi connectivity index (χ3v) is 9.71. The Morgan fingerprint density at radius 1 is 1.00 bits per heavy atom. The molecule has 1 aromatic carbocycles. The molecule has 4 atom stereocenters. The van der Waals surface area contributed by atoms with Crippen LogP contribution in [-0.4, -0.2) is 66.9 Å². The number of alkyl carbamates (subject to hydrolysis) is 1. The van der Waals surface area contributed by atoms with Crippen LogP contribution in [0.3, 0.4) is 0 Å². The van der Waals surface area contributed by atoms with E-state index in [1.807, 2.05) is 34.6 Å². The van der Waals surface area contributed by atoms with Gasteiger partial charge < -0.3 is 20.3 Å². The van der Waals surface area contributed by atoms with Crippen LogP contribution in [0.15, 0.2) is 35.2 Å². The average Bonchev–Trinajstić information content (AvgIpc) is 3.65. The second kappa shape index (κ2) is 9.99. The first-order chi connectivity index (χ1) is 18.7. The average molecular weight is 591 g/mol. The quantitative estimate of drug-likeness (QED) is 0.442. The predicted molar refractivity (Wildman–Crippen MR) is 151 cm³/mol. The minimum absolute atomic E-state index is 0.0590. The Morgan fingerprint density at radius 3 is 2.10 bits per heavy atom. The summed E-state index contributed by atoms with van der Waals surface area (Å²) in [7, 11) is -4.12. The fourth-order valence-electron chi connectivity index (χ4n) is 5.78. The van der Waals surface area contributed by atoms with Gasteiger partial charge in [-0.1, -0.05) is 52.8 Å². The summed E-state index contributed by atoms with van der Waals surface area (Å²) in [6.07, 6.45) is -0.180. The van der Waals surface area contributed by atoms with Crippen molar-refractivity contribution in [2.75, 3.05) is 6.54 Å². The first-order valence-corrected chi connectivity index (χ1v) is 15.4. The lowest BCUT2D eigenvalue weighted by molar-refractivity contribution is -0.144. The molecular weight excluding hydrogens is 548 g/mol. The zero-order chi connectivity index (χ0) is 30.8. The number of nitrogens with zero attached hydrogens (tertiary/aromatic N) is 1. The zero-order valence-electron chi connectivity index (χ0n) is 25.0. The van der Waals surface area contributed by atoms with E-state index in [-0.39, 0.29) is 35.0 Å². The normalized spacial score (nSPS) is 24.9. The van der Waals surface area contributed by atoms with E-state index in [0.29, 0.717) is 6.54 Å². The third-order valence-electron chi connectivity index (χ3n) is 8.36. The number of fused-ring (bicyclic) bond motifs is 1. The van der Waals surface area contributed by atoms with E-state index in [1.165, 1.54) is 17.0 Å².